The Hall–Kier alpha value is -3.48. The largest absolute Gasteiger partial charge is 0.478 e. The van der Waals surface area contributed by atoms with Gasteiger partial charge < -0.3 is 9.52 Å². The second-order valence-corrected chi connectivity index (χ2v) is 8.48. The van der Waals surface area contributed by atoms with Gasteiger partial charge in [0.1, 0.15) is 11.5 Å². The highest BCUT2D eigenvalue weighted by Crippen LogP contribution is 2.65. The fourth-order valence-electron chi connectivity index (χ4n) is 5.55. The average molecular weight is 402 g/mol. The SMILES string of the molecule is O=C(O)c1cccc(-c2ccc(/C=N\N3C(=O)[C@H]4[C@@H]5C=C[C@H]([C@H]6C[C@H]56)[C@@H]4C3=O)o2)c1. The molecule has 2 heterocycles. The zero-order valence-electron chi connectivity index (χ0n) is 15.8. The van der Waals surface area contributed by atoms with Crippen LogP contribution in [0.1, 0.15) is 22.5 Å². The van der Waals surface area contributed by atoms with Crippen molar-refractivity contribution in [2.45, 2.75) is 6.42 Å². The summed E-state index contributed by atoms with van der Waals surface area (Å²) in [5.74, 6) is 0.292. The van der Waals surface area contributed by atoms with Crippen molar-refractivity contribution in [1.29, 1.82) is 0 Å². The van der Waals surface area contributed by atoms with Crippen LogP contribution in [-0.4, -0.2) is 34.1 Å². The molecule has 0 spiro atoms. The van der Waals surface area contributed by atoms with Crippen molar-refractivity contribution in [2.24, 2.45) is 40.6 Å². The summed E-state index contributed by atoms with van der Waals surface area (Å²) >= 11 is 0. The van der Waals surface area contributed by atoms with Crippen molar-refractivity contribution in [1.82, 2.24) is 5.01 Å². The Morgan fingerprint density at radius 1 is 1.07 bits per heavy atom. The Morgan fingerprint density at radius 2 is 1.77 bits per heavy atom. The highest BCUT2D eigenvalue weighted by Gasteiger charge is 2.67. The van der Waals surface area contributed by atoms with E-state index in [9.17, 15) is 14.4 Å². The minimum Gasteiger partial charge on any atom is -0.478 e. The molecule has 6 atom stereocenters. The van der Waals surface area contributed by atoms with Crippen LogP contribution in [0.5, 0.6) is 0 Å². The second-order valence-electron chi connectivity index (χ2n) is 8.48. The number of hydrazone groups is 1. The van der Waals surface area contributed by atoms with Crippen LogP contribution in [0.2, 0.25) is 0 Å². The topological polar surface area (TPSA) is 100 Å². The van der Waals surface area contributed by atoms with Crippen LogP contribution in [0, 0.1) is 35.5 Å². The average Bonchev–Trinajstić information content (AvgIpc) is 3.39. The van der Waals surface area contributed by atoms with Crippen molar-refractivity contribution < 1.29 is 23.9 Å². The number of amides is 2. The molecule has 1 N–H and O–H groups in total. The van der Waals surface area contributed by atoms with Crippen molar-refractivity contribution in [3.63, 3.8) is 0 Å². The van der Waals surface area contributed by atoms with E-state index in [-0.39, 0.29) is 41.0 Å². The summed E-state index contributed by atoms with van der Waals surface area (Å²) in [6.45, 7) is 0. The lowest BCUT2D eigenvalue weighted by Gasteiger charge is -2.37. The molecule has 2 bridgehead atoms. The molecule has 2 saturated carbocycles. The van der Waals surface area contributed by atoms with Crippen LogP contribution in [-0.2, 0) is 9.59 Å². The van der Waals surface area contributed by atoms with Gasteiger partial charge >= 0.3 is 5.97 Å². The number of hydrogen-bond donors (Lipinski definition) is 1. The van der Waals surface area contributed by atoms with Gasteiger partial charge in [0.05, 0.1) is 23.6 Å². The summed E-state index contributed by atoms with van der Waals surface area (Å²) in [7, 11) is 0. The Balaban J connectivity index is 1.24. The molecule has 3 fully saturated rings. The third kappa shape index (κ3) is 2.38. The molecule has 7 nitrogen and oxygen atoms in total. The molecule has 1 aromatic carbocycles. The Bertz CT molecular complexity index is 1130. The molecule has 2 aromatic rings. The monoisotopic (exact) mass is 402 g/mol. The van der Waals surface area contributed by atoms with Crippen LogP contribution < -0.4 is 0 Å². The summed E-state index contributed by atoms with van der Waals surface area (Å²) in [4.78, 5) is 37.0. The number of nitrogens with zero attached hydrogens (tertiary/aromatic N) is 2. The van der Waals surface area contributed by atoms with Gasteiger partial charge in [-0.25, -0.2) is 4.79 Å². The van der Waals surface area contributed by atoms with E-state index >= 15 is 0 Å². The molecular formula is C23H18N2O5. The number of hydrogen-bond acceptors (Lipinski definition) is 5. The van der Waals surface area contributed by atoms with E-state index in [1.54, 1.807) is 24.3 Å². The van der Waals surface area contributed by atoms with Crippen LogP contribution in [0.3, 0.4) is 0 Å². The van der Waals surface area contributed by atoms with Gasteiger partial charge in [0.15, 0.2) is 0 Å². The predicted octanol–water partition coefficient (Wildman–Crippen LogP) is 3.03. The molecule has 0 radical (unpaired) electrons. The number of carboxylic acids is 1. The normalized spacial score (nSPS) is 33.3. The number of benzene rings is 1. The van der Waals surface area contributed by atoms with Crippen LogP contribution >= 0.6 is 0 Å². The van der Waals surface area contributed by atoms with Gasteiger partial charge in [-0.2, -0.15) is 10.1 Å². The summed E-state index contributed by atoms with van der Waals surface area (Å²) in [5.41, 5.74) is 0.784. The van der Waals surface area contributed by atoms with E-state index in [0.717, 1.165) is 11.4 Å². The highest BCUT2D eigenvalue weighted by atomic mass is 16.4. The summed E-state index contributed by atoms with van der Waals surface area (Å²) in [6, 6.07) is 9.80. The zero-order chi connectivity index (χ0) is 20.6. The fourth-order valence-corrected chi connectivity index (χ4v) is 5.55. The number of aromatic carboxylic acids is 1. The van der Waals surface area contributed by atoms with Crippen molar-refractivity contribution in [3.8, 4) is 11.3 Å². The van der Waals surface area contributed by atoms with E-state index < -0.39 is 5.97 Å². The first kappa shape index (κ1) is 17.4. The minimum atomic E-state index is -1.01. The highest BCUT2D eigenvalue weighted by molar-refractivity contribution is 6.06. The van der Waals surface area contributed by atoms with E-state index in [0.29, 0.717) is 28.9 Å². The number of carboxylic acid groups (broad SMARTS) is 1. The fraction of sp³-hybridized carbons (Fsp3) is 0.304. The molecule has 7 heteroatoms. The molecule has 7 rings (SSSR count). The number of carbonyl (C=O) groups is 3. The molecule has 1 saturated heterocycles. The molecule has 1 aromatic heterocycles. The van der Waals surface area contributed by atoms with E-state index in [2.05, 4.69) is 17.3 Å². The molecule has 1 aliphatic heterocycles. The van der Waals surface area contributed by atoms with Crippen LogP contribution in [0.15, 0.2) is 58.1 Å². The summed E-state index contributed by atoms with van der Waals surface area (Å²) in [6.07, 6.45) is 6.75. The standard InChI is InChI=1S/C23H18N2O5/c26-21-19-14-5-6-15(17-9-16(14)17)20(19)22(27)25(21)24-10-13-4-7-18(30-13)11-2-1-3-12(8-11)23(28)29/h1-8,10,14-17,19-20H,9H2,(H,28,29)/b24-10-/t14-,15-,16-,17-,19+,20+/m1/s1. The van der Waals surface area contributed by atoms with E-state index in [1.165, 1.54) is 18.3 Å². The van der Waals surface area contributed by atoms with Gasteiger partial charge in [-0.05, 0) is 54.4 Å². The molecule has 5 aliphatic rings. The Morgan fingerprint density at radius 3 is 2.43 bits per heavy atom. The molecule has 0 unspecified atom stereocenters. The first-order valence-corrected chi connectivity index (χ1v) is 10.1. The predicted molar refractivity (Wildman–Crippen MR) is 105 cm³/mol. The Labute approximate surface area is 171 Å². The molecule has 150 valence electrons. The maximum Gasteiger partial charge on any atom is 0.335 e. The van der Waals surface area contributed by atoms with Crippen molar-refractivity contribution in [2.75, 3.05) is 0 Å². The molecule has 2 amide bonds. The Kier molecular flexibility index (Phi) is 3.48. The van der Waals surface area contributed by atoms with Crippen LogP contribution in [0.25, 0.3) is 11.3 Å². The van der Waals surface area contributed by atoms with Gasteiger partial charge in [0, 0.05) is 5.56 Å². The maximum atomic E-state index is 12.9. The molecule has 30 heavy (non-hydrogen) atoms. The molecular weight excluding hydrogens is 384 g/mol. The smallest absolute Gasteiger partial charge is 0.335 e. The lowest BCUT2D eigenvalue weighted by atomic mass is 9.63. The van der Waals surface area contributed by atoms with Gasteiger partial charge in [0.25, 0.3) is 11.8 Å². The summed E-state index contributed by atoms with van der Waals surface area (Å²) < 4.78 is 5.73. The van der Waals surface area contributed by atoms with Crippen molar-refractivity contribution in [3.05, 3.63) is 59.9 Å². The third-order valence-corrected chi connectivity index (χ3v) is 6.96. The van der Waals surface area contributed by atoms with E-state index in [1.807, 2.05) is 0 Å². The van der Waals surface area contributed by atoms with Gasteiger partial charge in [0.2, 0.25) is 0 Å². The number of imide groups is 1. The van der Waals surface area contributed by atoms with Gasteiger partial charge in [-0.1, -0.05) is 24.3 Å². The zero-order valence-corrected chi connectivity index (χ0v) is 15.8. The lowest BCUT2D eigenvalue weighted by Crippen LogP contribution is -2.40. The first-order valence-electron chi connectivity index (χ1n) is 10.1. The quantitative estimate of drug-likeness (QED) is 0.481. The van der Waals surface area contributed by atoms with Gasteiger partial charge in [-0.15, -0.1) is 0 Å². The first-order chi connectivity index (χ1) is 14.5. The van der Waals surface area contributed by atoms with Crippen molar-refractivity contribution >= 4 is 24.0 Å². The molecule has 4 aliphatic carbocycles. The van der Waals surface area contributed by atoms with E-state index in [4.69, 9.17) is 9.52 Å². The van der Waals surface area contributed by atoms with Gasteiger partial charge in [-0.3, -0.25) is 9.59 Å². The lowest BCUT2D eigenvalue weighted by molar-refractivity contribution is -0.140. The number of carbonyl (C=O) groups excluding carboxylic acids is 2. The number of rotatable bonds is 4. The second kappa shape index (κ2) is 6.01. The van der Waals surface area contributed by atoms with Crippen LogP contribution in [0.4, 0.5) is 0 Å². The number of allylic oxidation sites excluding steroid dienone is 2. The third-order valence-electron chi connectivity index (χ3n) is 6.96. The maximum absolute atomic E-state index is 12.9. The number of furan rings is 1. The summed E-state index contributed by atoms with van der Waals surface area (Å²) in [5, 5.41) is 14.3. The minimum absolute atomic E-state index is 0.163.